The zero-order valence-corrected chi connectivity index (χ0v) is 12.6. The maximum absolute atomic E-state index is 12.6. The number of rotatable bonds is 3. The molecule has 0 saturated heterocycles. The molecule has 3 nitrogen and oxygen atoms in total. The van der Waals surface area contributed by atoms with Crippen LogP contribution in [0, 0.1) is 0 Å². The SMILES string of the molecule is CN(Cc1ccccc1)C(=O)c1sc2ccccc2c1N. The molecule has 1 heterocycles. The second-order valence-corrected chi connectivity index (χ2v) is 6.04. The highest BCUT2D eigenvalue weighted by Crippen LogP contribution is 2.34. The lowest BCUT2D eigenvalue weighted by molar-refractivity contribution is 0.0791. The predicted octanol–water partition coefficient (Wildman–Crippen LogP) is 3.76. The van der Waals surface area contributed by atoms with Crippen LogP contribution in [0.5, 0.6) is 0 Å². The molecule has 0 radical (unpaired) electrons. The van der Waals surface area contributed by atoms with Crippen molar-refractivity contribution in [3.8, 4) is 0 Å². The molecule has 0 bridgehead atoms. The molecule has 0 fully saturated rings. The molecule has 106 valence electrons. The number of nitrogen functional groups attached to an aromatic ring is 1. The monoisotopic (exact) mass is 296 g/mol. The van der Waals surface area contributed by atoms with Crippen molar-refractivity contribution in [3.63, 3.8) is 0 Å². The van der Waals surface area contributed by atoms with E-state index >= 15 is 0 Å². The molecule has 1 amide bonds. The number of hydrogen-bond donors (Lipinski definition) is 1. The van der Waals surface area contributed by atoms with E-state index in [1.54, 1.807) is 11.9 Å². The van der Waals surface area contributed by atoms with Crippen LogP contribution in [-0.2, 0) is 6.54 Å². The fraction of sp³-hybridized carbons (Fsp3) is 0.118. The van der Waals surface area contributed by atoms with E-state index in [1.165, 1.54) is 11.3 Å². The zero-order valence-electron chi connectivity index (χ0n) is 11.7. The van der Waals surface area contributed by atoms with Crippen LogP contribution >= 0.6 is 11.3 Å². The van der Waals surface area contributed by atoms with Crippen molar-refractivity contribution in [1.29, 1.82) is 0 Å². The normalized spacial score (nSPS) is 10.7. The molecule has 3 aromatic rings. The summed E-state index contributed by atoms with van der Waals surface area (Å²) in [5, 5.41) is 0.957. The van der Waals surface area contributed by atoms with Crippen LogP contribution in [-0.4, -0.2) is 17.9 Å². The lowest BCUT2D eigenvalue weighted by Crippen LogP contribution is -2.26. The van der Waals surface area contributed by atoms with Crippen molar-refractivity contribution in [3.05, 3.63) is 65.0 Å². The van der Waals surface area contributed by atoms with Gasteiger partial charge in [-0.05, 0) is 11.6 Å². The summed E-state index contributed by atoms with van der Waals surface area (Å²) in [5.41, 5.74) is 7.82. The van der Waals surface area contributed by atoms with Gasteiger partial charge < -0.3 is 10.6 Å². The Labute approximate surface area is 127 Å². The highest BCUT2D eigenvalue weighted by Gasteiger charge is 2.19. The van der Waals surface area contributed by atoms with E-state index in [1.807, 2.05) is 54.6 Å². The molecular weight excluding hydrogens is 280 g/mol. The maximum atomic E-state index is 12.6. The minimum atomic E-state index is -0.0300. The van der Waals surface area contributed by atoms with Crippen molar-refractivity contribution in [2.75, 3.05) is 12.8 Å². The summed E-state index contributed by atoms with van der Waals surface area (Å²) in [6, 6.07) is 17.8. The first-order valence-electron chi connectivity index (χ1n) is 6.73. The summed E-state index contributed by atoms with van der Waals surface area (Å²) in [4.78, 5) is 14.9. The van der Waals surface area contributed by atoms with E-state index in [-0.39, 0.29) is 5.91 Å². The van der Waals surface area contributed by atoms with Crippen LogP contribution in [0.2, 0.25) is 0 Å². The minimum Gasteiger partial charge on any atom is -0.397 e. The van der Waals surface area contributed by atoms with Crippen LogP contribution in [0.15, 0.2) is 54.6 Å². The Morgan fingerprint density at radius 1 is 1.10 bits per heavy atom. The number of carbonyl (C=O) groups excluding carboxylic acids is 1. The number of anilines is 1. The van der Waals surface area contributed by atoms with E-state index in [4.69, 9.17) is 5.73 Å². The molecule has 3 rings (SSSR count). The van der Waals surface area contributed by atoms with Crippen molar-refractivity contribution >= 4 is 33.0 Å². The van der Waals surface area contributed by atoms with E-state index in [0.29, 0.717) is 17.1 Å². The van der Waals surface area contributed by atoms with Crippen LogP contribution < -0.4 is 5.73 Å². The Morgan fingerprint density at radius 2 is 1.76 bits per heavy atom. The van der Waals surface area contributed by atoms with Gasteiger partial charge in [0.2, 0.25) is 0 Å². The molecule has 0 aliphatic rings. The Balaban J connectivity index is 1.88. The summed E-state index contributed by atoms with van der Waals surface area (Å²) < 4.78 is 1.05. The fourth-order valence-electron chi connectivity index (χ4n) is 2.33. The first-order chi connectivity index (χ1) is 10.2. The topological polar surface area (TPSA) is 46.3 Å². The first-order valence-corrected chi connectivity index (χ1v) is 7.55. The van der Waals surface area contributed by atoms with E-state index in [2.05, 4.69) is 0 Å². The second-order valence-electron chi connectivity index (χ2n) is 4.99. The number of nitrogens with two attached hydrogens (primary N) is 1. The number of amides is 1. The third-order valence-electron chi connectivity index (χ3n) is 3.44. The predicted molar refractivity (Wildman–Crippen MR) is 88.5 cm³/mol. The van der Waals surface area contributed by atoms with E-state index in [9.17, 15) is 4.79 Å². The lowest BCUT2D eigenvalue weighted by Gasteiger charge is -2.16. The van der Waals surface area contributed by atoms with Gasteiger partial charge in [0, 0.05) is 23.7 Å². The molecule has 0 spiro atoms. The van der Waals surface area contributed by atoms with Gasteiger partial charge in [-0.15, -0.1) is 11.3 Å². The van der Waals surface area contributed by atoms with Gasteiger partial charge in [-0.2, -0.15) is 0 Å². The summed E-state index contributed by atoms with van der Waals surface area (Å²) >= 11 is 1.45. The maximum Gasteiger partial charge on any atom is 0.266 e. The number of fused-ring (bicyclic) bond motifs is 1. The molecule has 2 N–H and O–H groups in total. The molecule has 0 unspecified atom stereocenters. The molecule has 0 saturated carbocycles. The number of thiophene rings is 1. The number of hydrogen-bond acceptors (Lipinski definition) is 3. The second kappa shape index (κ2) is 5.58. The lowest BCUT2D eigenvalue weighted by atomic mass is 10.2. The van der Waals surface area contributed by atoms with Gasteiger partial charge in [0.05, 0.1) is 5.69 Å². The van der Waals surface area contributed by atoms with Gasteiger partial charge >= 0.3 is 0 Å². The van der Waals surface area contributed by atoms with Crippen molar-refractivity contribution in [2.45, 2.75) is 6.54 Å². The molecule has 1 aromatic heterocycles. The third-order valence-corrected chi connectivity index (χ3v) is 4.61. The summed E-state index contributed by atoms with van der Waals surface area (Å²) in [6.07, 6.45) is 0. The van der Waals surface area contributed by atoms with Gasteiger partial charge in [-0.1, -0.05) is 48.5 Å². The molecule has 2 aromatic carbocycles. The standard InChI is InChI=1S/C17H16N2OS/c1-19(11-12-7-3-2-4-8-12)17(20)16-15(18)13-9-5-6-10-14(13)21-16/h2-10H,11,18H2,1H3. The smallest absolute Gasteiger partial charge is 0.266 e. The van der Waals surface area contributed by atoms with Crippen molar-refractivity contribution in [1.82, 2.24) is 4.90 Å². The van der Waals surface area contributed by atoms with Gasteiger partial charge in [0.1, 0.15) is 4.88 Å². The van der Waals surface area contributed by atoms with Crippen LogP contribution in [0.3, 0.4) is 0 Å². The number of carbonyl (C=O) groups is 1. The average molecular weight is 296 g/mol. The van der Waals surface area contributed by atoms with Gasteiger partial charge in [0.25, 0.3) is 5.91 Å². The molecule has 4 heteroatoms. The van der Waals surface area contributed by atoms with Crippen molar-refractivity contribution in [2.24, 2.45) is 0 Å². The first kappa shape index (κ1) is 13.6. The third kappa shape index (κ3) is 2.62. The largest absolute Gasteiger partial charge is 0.397 e. The van der Waals surface area contributed by atoms with Crippen molar-refractivity contribution < 1.29 is 4.79 Å². The quantitative estimate of drug-likeness (QED) is 0.800. The average Bonchev–Trinajstić information content (AvgIpc) is 2.85. The minimum absolute atomic E-state index is 0.0300. The highest BCUT2D eigenvalue weighted by molar-refractivity contribution is 7.21. The Morgan fingerprint density at radius 3 is 2.48 bits per heavy atom. The van der Waals surface area contributed by atoms with E-state index in [0.717, 1.165) is 15.6 Å². The number of benzene rings is 2. The molecule has 0 atom stereocenters. The van der Waals surface area contributed by atoms with Crippen LogP contribution in [0.25, 0.3) is 10.1 Å². The summed E-state index contributed by atoms with van der Waals surface area (Å²) in [7, 11) is 1.80. The van der Waals surface area contributed by atoms with E-state index < -0.39 is 0 Å². The van der Waals surface area contributed by atoms with Gasteiger partial charge in [0.15, 0.2) is 0 Å². The fourth-order valence-corrected chi connectivity index (χ4v) is 3.44. The van der Waals surface area contributed by atoms with Crippen LogP contribution in [0.4, 0.5) is 5.69 Å². The summed E-state index contributed by atoms with van der Waals surface area (Å²) in [6.45, 7) is 0.577. The molecule has 0 aliphatic carbocycles. The highest BCUT2D eigenvalue weighted by atomic mass is 32.1. The van der Waals surface area contributed by atoms with Gasteiger partial charge in [-0.25, -0.2) is 0 Å². The Hall–Kier alpha value is -2.33. The Bertz CT molecular complexity index is 780. The molecule has 21 heavy (non-hydrogen) atoms. The Kier molecular flexibility index (Phi) is 3.62. The molecule has 0 aliphatic heterocycles. The molecular formula is C17H16N2OS. The summed E-state index contributed by atoms with van der Waals surface area (Å²) in [5.74, 6) is -0.0300. The van der Waals surface area contributed by atoms with Crippen LogP contribution in [0.1, 0.15) is 15.2 Å². The number of nitrogens with zero attached hydrogens (tertiary/aromatic N) is 1. The van der Waals surface area contributed by atoms with Gasteiger partial charge in [-0.3, -0.25) is 4.79 Å². The zero-order chi connectivity index (χ0) is 14.8.